The van der Waals surface area contributed by atoms with Gasteiger partial charge in [0.1, 0.15) is 19.0 Å². The Labute approximate surface area is 347 Å². The van der Waals surface area contributed by atoms with Crippen LogP contribution < -0.4 is 14.5 Å². The van der Waals surface area contributed by atoms with Gasteiger partial charge in [-0.15, -0.1) is 0 Å². The number of amides is 1. The van der Waals surface area contributed by atoms with Crippen LogP contribution in [-0.4, -0.2) is 89.6 Å². The lowest BCUT2D eigenvalue weighted by Crippen LogP contribution is -2.55. The van der Waals surface area contributed by atoms with Gasteiger partial charge in [0.25, 0.3) is 0 Å². The Bertz CT molecular complexity index is 2180. The largest absolute Gasteiger partial charge is 0.462 e. The van der Waals surface area contributed by atoms with Crippen molar-refractivity contribution in [3.8, 4) is 12.1 Å². The molecule has 0 unspecified atom stereocenters. The molecular weight excluding hydrogens is 750 g/mol. The predicted molar refractivity (Wildman–Crippen MR) is 228 cm³/mol. The summed E-state index contributed by atoms with van der Waals surface area (Å²) in [4.78, 5) is 44.7. The van der Waals surface area contributed by atoms with Crippen LogP contribution in [0.1, 0.15) is 68.3 Å². The number of hydrogen-bond donors (Lipinski definition) is 0. The fourth-order valence-corrected chi connectivity index (χ4v) is 9.00. The molecule has 2 atom stereocenters. The highest BCUT2D eigenvalue weighted by atomic mass is 35.5. The van der Waals surface area contributed by atoms with E-state index in [0.717, 1.165) is 90.0 Å². The number of fused-ring (bicyclic) bond motifs is 2. The molecule has 0 bridgehead atoms. The maximum Gasteiger partial charge on any atom is 0.318 e. The standard InChI is InChI=1S/C46H54ClN7O4/c1-5-41(55)54-26-25-53(28-35(54)18-21-48)43-37-19-24-52(40-17-8-14-34-13-7-16-38(47)42(34)40)29-39(37)49-45(50-43)58-31-36-15-9-22-51(36)23-10-20-46(3,4)44(56)57-30-33-12-6-11-32(2)27-33/h5-8,11-14,16-17,27,35-36H,1,9-10,15,18-20,22-26,28-31H2,2-4H3/t35-,36-/m0/s1. The third-order valence-electron chi connectivity index (χ3n) is 11.9. The highest BCUT2D eigenvalue weighted by Crippen LogP contribution is 2.37. The van der Waals surface area contributed by atoms with E-state index in [9.17, 15) is 14.9 Å². The molecule has 1 amide bonds. The first-order valence-corrected chi connectivity index (χ1v) is 20.9. The van der Waals surface area contributed by atoms with E-state index in [2.05, 4.69) is 51.6 Å². The van der Waals surface area contributed by atoms with Crippen molar-refractivity contribution < 1.29 is 19.1 Å². The molecule has 3 aromatic carbocycles. The smallest absolute Gasteiger partial charge is 0.318 e. The van der Waals surface area contributed by atoms with E-state index in [-0.39, 0.29) is 37.0 Å². The minimum absolute atomic E-state index is 0.166. The molecule has 7 rings (SSSR count). The van der Waals surface area contributed by atoms with Crippen LogP contribution in [0.15, 0.2) is 73.3 Å². The molecule has 11 nitrogen and oxygen atoms in total. The number of rotatable bonds is 14. The molecule has 2 saturated heterocycles. The van der Waals surface area contributed by atoms with Crippen LogP contribution >= 0.6 is 11.6 Å². The molecule has 304 valence electrons. The number of aromatic nitrogens is 2. The van der Waals surface area contributed by atoms with E-state index >= 15 is 0 Å². The number of ether oxygens (including phenoxy) is 2. The zero-order valence-corrected chi connectivity index (χ0v) is 34.7. The number of benzene rings is 3. The molecule has 12 heteroatoms. The summed E-state index contributed by atoms with van der Waals surface area (Å²) in [6.45, 7) is 15.0. The fourth-order valence-electron chi connectivity index (χ4n) is 8.72. The van der Waals surface area contributed by atoms with Crippen molar-refractivity contribution >= 4 is 45.8 Å². The Kier molecular flexibility index (Phi) is 12.8. The van der Waals surface area contributed by atoms with Gasteiger partial charge in [0.2, 0.25) is 5.91 Å². The fraction of sp³-hybridized carbons (Fsp3) is 0.457. The Hall–Kier alpha value is -5.18. The molecule has 2 fully saturated rings. The maximum absolute atomic E-state index is 13.1. The molecule has 4 aromatic rings. The van der Waals surface area contributed by atoms with Gasteiger partial charge >= 0.3 is 12.0 Å². The quantitative estimate of drug-likeness (QED) is 0.0930. The summed E-state index contributed by atoms with van der Waals surface area (Å²) in [5.74, 6) is 0.468. The summed E-state index contributed by atoms with van der Waals surface area (Å²) in [5.41, 5.74) is 4.58. The third-order valence-corrected chi connectivity index (χ3v) is 12.2. The van der Waals surface area contributed by atoms with Crippen molar-refractivity contribution in [3.05, 3.63) is 101 Å². The van der Waals surface area contributed by atoms with Gasteiger partial charge in [-0.25, -0.2) is 0 Å². The van der Waals surface area contributed by atoms with E-state index in [0.29, 0.717) is 50.2 Å². The van der Waals surface area contributed by atoms with Crippen molar-refractivity contribution in [3.63, 3.8) is 0 Å². The SMILES string of the molecule is C=CC(=O)N1CCN(c2nc(OC[C@@H]3CCCN3CCCC(C)(C)C(=O)OCc3cccc(C)c3)nc3c2CCN(c2cccc4cccc(Cl)c24)C3)C[C@@H]1CC#N. The number of nitrogens with zero attached hydrogens (tertiary/aromatic N) is 7. The minimum atomic E-state index is -0.592. The number of anilines is 2. The summed E-state index contributed by atoms with van der Waals surface area (Å²) in [7, 11) is 0. The first-order valence-electron chi connectivity index (χ1n) is 20.5. The average Bonchev–Trinajstić information content (AvgIpc) is 3.68. The van der Waals surface area contributed by atoms with E-state index in [1.54, 1.807) is 4.90 Å². The molecule has 0 spiro atoms. The van der Waals surface area contributed by atoms with Gasteiger partial charge in [0.15, 0.2) is 0 Å². The number of aryl methyl sites for hydroxylation is 1. The minimum Gasteiger partial charge on any atom is -0.462 e. The number of esters is 1. The van der Waals surface area contributed by atoms with Gasteiger partial charge in [-0.2, -0.15) is 15.2 Å². The number of nitriles is 1. The monoisotopic (exact) mass is 803 g/mol. The number of carbonyl (C=O) groups excluding carboxylic acids is 2. The number of piperazine rings is 1. The van der Waals surface area contributed by atoms with Crippen LogP contribution in [0.2, 0.25) is 5.02 Å². The maximum atomic E-state index is 13.1. The molecule has 0 radical (unpaired) electrons. The van der Waals surface area contributed by atoms with Crippen LogP contribution in [0.4, 0.5) is 11.5 Å². The summed E-state index contributed by atoms with van der Waals surface area (Å²) < 4.78 is 12.3. The summed E-state index contributed by atoms with van der Waals surface area (Å²) in [5, 5.41) is 12.5. The van der Waals surface area contributed by atoms with Crippen LogP contribution in [0.3, 0.4) is 0 Å². The first kappa shape index (κ1) is 41.0. The van der Waals surface area contributed by atoms with Crippen molar-refractivity contribution in [1.29, 1.82) is 5.26 Å². The lowest BCUT2D eigenvalue weighted by atomic mass is 9.88. The van der Waals surface area contributed by atoms with Crippen molar-refractivity contribution in [2.75, 3.05) is 55.7 Å². The lowest BCUT2D eigenvalue weighted by molar-refractivity contribution is -0.155. The summed E-state index contributed by atoms with van der Waals surface area (Å²) >= 11 is 6.78. The molecule has 0 aliphatic carbocycles. The second-order valence-corrected chi connectivity index (χ2v) is 16.8. The molecular formula is C46H54ClN7O4. The topological polar surface area (TPSA) is 115 Å². The van der Waals surface area contributed by atoms with Crippen LogP contribution in [-0.2, 0) is 33.9 Å². The molecule has 3 aliphatic rings. The molecule has 0 saturated carbocycles. The Morgan fingerprint density at radius 3 is 2.64 bits per heavy atom. The lowest BCUT2D eigenvalue weighted by Gasteiger charge is -2.42. The predicted octanol–water partition coefficient (Wildman–Crippen LogP) is 7.66. The van der Waals surface area contributed by atoms with Crippen LogP contribution in [0, 0.1) is 23.7 Å². The second kappa shape index (κ2) is 18.2. The Morgan fingerprint density at radius 1 is 1.03 bits per heavy atom. The Morgan fingerprint density at radius 2 is 1.84 bits per heavy atom. The van der Waals surface area contributed by atoms with E-state index < -0.39 is 5.41 Å². The Balaban J connectivity index is 1.06. The molecule has 58 heavy (non-hydrogen) atoms. The van der Waals surface area contributed by atoms with Gasteiger partial charge < -0.3 is 24.2 Å². The number of carbonyl (C=O) groups is 2. The number of hydrogen-bond acceptors (Lipinski definition) is 10. The highest BCUT2D eigenvalue weighted by Gasteiger charge is 2.35. The molecule has 3 aliphatic heterocycles. The van der Waals surface area contributed by atoms with Gasteiger partial charge in [0, 0.05) is 48.9 Å². The summed E-state index contributed by atoms with van der Waals surface area (Å²) in [6.07, 6.45) is 5.91. The van der Waals surface area contributed by atoms with Gasteiger partial charge in [-0.3, -0.25) is 14.5 Å². The van der Waals surface area contributed by atoms with E-state index in [1.807, 2.05) is 57.2 Å². The van der Waals surface area contributed by atoms with Crippen molar-refractivity contribution in [2.24, 2.45) is 5.41 Å². The number of halogens is 1. The average molecular weight is 804 g/mol. The molecule has 0 N–H and O–H groups in total. The van der Waals surface area contributed by atoms with Gasteiger partial charge in [-0.1, -0.05) is 72.3 Å². The normalized spacial score (nSPS) is 18.5. The zero-order valence-electron chi connectivity index (χ0n) is 34.0. The highest BCUT2D eigenvalue weighted by molar-refractivity contribution is 6.36. The van der Waals surface area contributed by atoms with Crippen molar-refractivity contribution in [2.45, 2.75) is 84.5 Å². The van der Waals surface area contributed by atoms with Gasteiger partial charge in [0.05, 0.1) is 41.2 Å². The second-order valence-electron chi connectivity index (χ2n) is 16.4. The number of likely N-dealkylation sites (tertiary alicyclic amines) is 1. The van der Waals surface area contributed by atoms with Crippen molar-refractivity contribution in [1.82, 2.24) is 19.8 Å². The summed E-state index contributed by atoms with van der Waals surface area (Å²) in [6, 6.07) is 22.8. The molecule has 1 aromatic heterocycles. The van der Waals surface area contributed by atoms with Gasteiger partial charge in [-0.05, 0) is 95.1 Å². The first-order chi connectivity index (χ1) is 28.0. The molecule has 4 heterocycles. The van der Waals surface area contributed by atoms with Crippen LogP contribution in [0.25, 0.3) is 10.8 Å². The zero-order chi connectivity index (χ0) is 40.8. The van der Waals surface area contributed by atoms with E-state index in [4.69, 9.17) is 31.0 Å². The van der Waals surface area contributed by atoms with E-state index in [1.165, 1.54) is 6.08 Å². The van der Waals surface area contributed by atoms with Crippen LogP contribution in [0.5, 0.6) is 6.01 Å². The third kappa shape index (κ3) is 9.24.